The number of non-ortho nitro benzene ring substituents is 1. The smallest absolute Gasteiger partial charge is 0.307 e. The number of hydrogen-bond acceptors (Lipinski definition) is 8. The average molecular weight is 319 g/mol. The van der Waals surface area contributed by atoms with E-state index >= 15 is 0 Å². The van der Waals surface area contributed by atoms with E-state index in [1.807, 2.05) is 0 Å². The molecular formula is C12H6FN5O5. The molecule has 3 aromatic rings. The van der Waals surface area contributed by atoms with E-state index in [0.29, 0.717) is 0 Å². The summed E-state index contributed by atoms with van der Waals surface area (Å²) in [6.45, 7) is 0. The Bertz CT molecular complexity index is 941. The van der Waals surface area contributed by atoms with E-state index in [0.717, 1.165) is 12.1 Å². The van der Waals surface area contributed by atoms with Crippen molar-refractivity contribution in [3.05, 3.63) is 56.4 Å². The highest BCUT2D eigenvalue weighted by atomic mass is 19.1. The molecule has 10 nitrogen and oxygen atoms in total. The van der Waals surface area contributed by atoms with Crippen LogP contribution in [0.3, 0.4) is 0 Å². The number of rotatable bonds is 4. The maximum atomic E-state index is 13.2. The molecule has 0 amide bonds. The molecule has 2 aromatic carbocycles. The molecule has 23 heavy (non-hydrogen) atoms. The molecule has 1 aromatic heterocycles. The molecule has 0 radical (unpaired) electrons. The zero-order valence-electron chi connectivity index (χ0n) is 11.1. The molecule has 0 spiro atoms. The van der Waals surface area contributed by atoms with Gasteiger partial charge < -0.3 is 5.32 Å². The van der Waals surface area contributed by atoms with E-state index in [1.54, 1.807) is 0 Å². The molecule has 0 aliphatic carbocycles. The number of nitrogens with zero attached hydrogens (tertiary/aromatic N) is 4. The number of halogens is 1. The van der Waals surface area contributed by atoms with Gasteiger partial charge in [0.05, 0.1) is 15.9 Å². The predicted octanol–water partition coefficient (Wildman–Crippen LogP) is 2.92. The van der Waals surface area contributed by atoms with Crippen LogP contribution in [-0.4, -0.2) is 20.2 Å². The van der Waals surface area contributed by atoms with Crippen molar-refractivity contribution in [3.63, 3.8) is 0 Å². The Morgan fingerprint density at radius 3 is 2.39 bits per heavy atom. The Kier molecular flexibility index (Phi) is 3.29. The van der Waals surface area contributed by atoms with Gasteiger partial charge in [-0.25, -0.2) is 9.02 Å². The number of anilines is 2. The Morgan fingerprint density at radius 1 is 1.04 bits per heavy atom. The molecule has 0 saturated heterocycles. The summed E-state index contributed by atoms with van der Waals surface area (Å²) in [5.41, 5.74) is -1.65. The van der Waals surface area contributed by atoms with Gasteiger partial charge in [0.1, 0.15) is 11.5 Å². The van der Waals surface area contributed by atoms with Gasteiger partial charge in [0.25, 0.3) is 0 Å². The van der Waals surface area contributed by atoms with Crippen LogP contribution in [0.4, 0.5) is 27.1 Å². The number of fused-ring (bicyclic) bond motifs is 1. The van der Waals surface area contributed by atoms with E-state index in [-0.39, 0.29) is 22.4 Å². The Balaban J connectivity index is 2.24. The molecule has 0 aliphatic heterocycles. The van der Waals surface area contributed by atoms with Crippen molar-refractivity contribution in [1.29, 1.82) is 0 Å². The first-order valence-corrected chi connectivity index (χ1v) is 6.08. The van der Waals surface area contributed by atoms with Crippen molar-refractivity contribution in [3.8, 4) is 0 Å². The fraction of sp³-hybridized carbons (Fsp3) is 0. The third-order valence-electron chi connectivity index (χ3n) is 2.98. The Morgan fingerprint density at radius 2 is 1.74 bits per heavy atom. The number of nitro groups is 2. The molecule has 1 heterocycles. The lowest BCUT2D eigenvalue weighted by atomic mass is 10.2. The SMILES string of the molecule is O=[N+]([O-])c1cc([N+](=O)[O-])c2nonc2c1Nc1cccc(F)c1. The van der Waals surface area contributed by atoms with E-state index in [1.165, 1.54) is 18.2 Å². The monoisotopic (exact) mass is 319 g/mol. The lowest BCUT2D eigenvalue weighted by Gasteiger charge is -2.07. The highest BCUT2D eigenvalue weighted by molar-refractivity contribution is 5.99. The van der Waals surface area contributed by atoms with E-state index in [4.69, 9.17) is 0 Å². The largest absolute Gasteiger partial charge is 0.348 e. The summed E-state index contributed by atoms with van der Waals surface area (Å²) < 4.78 is 17.7. The molecule has 0 atom stereocenters. The minimum Gasteiger partial charge on any atom is -0.348 e. The quantitative estimate of drug-likeness (QED) is 0.572. The zero-order chi connectivity index (χ0) is 16.6. The molecule has 0 aliphatic rings. The summed E-state index contributed by atoms with van der Waals surface area (Å²) in [5.74, 6) is -0.561. The van der Waals surface area contributed by atoms with Crippen molar-refractivity contribution in [2.45, 2.75) is 0 Å². The van der Waals surface area contributed by atoms with Crippen molar-refractivity contribution < 1.29 is 18.9 Å². The van der Waals surface area contributed by atoms with E-state index < -0.39 is 27.0 Å². The van der Waals surface area contributed by atoms with Crippen LogP contribution in [0.25, 0.3) is 11.0 Å². The van der Waals surface area contributed by atoms with Crippen LogP contribution < -0.4 is 5.32 Å². The first kappa shape index (κ1) is 14.3. The molecule has 3 rings (SSSR count). The molecule has 11 heteroatoms. The minimum atomic E-state index is -0.828. The Labute approximate surface area is 125 Å². The molecule has 116 valence electrons. The highest BCUT2D eigenvalue weighted by Gasteiger charge is 2.29. The fourth-order valence-electron chi connectivity index (χ4n) is 2.03. The lowest BCUT2D eigenvalue weighted by Crippen LogP contribution is -2.01. The number of benzene rings is 2. The molecular weight excluding hydrogens is 313 g/mol. The van der Waals surface area contributed by atoms with Crippen LogP contribution in [0.15, 0.2) is 35.0 Å². The van der Waals surface area contributed by atoms with Gasteiger partial charge >= 0.3 is 11.4 Å². The number of nitrogens with one attached hydrogen (secondary N) is 1. The first-order valence-electron chi connectivity index (χ1n) is 6.08. The highest BCUT2D eigenvalue weighted by Crippen LogP contribution is 2.39. The summed E-state index contributed by atoms with van der Waals surface area (Å²) in [5, 5.41) is 31.7. The first-order chi connectivity index (χ1) is 11.0. The van der Waals surface area contributed by atoms with Gasteiger partial charge in [0.2, 0.25) is 5.52 Å². The third-order valence-corrected chi connectivity index (χ3v) is 2.98. The minimum absolute atomic E-state index is 0.178. The topological polar surface area (TPSA) is 137 Å². The second-order valence-corrected chi connectivity index (χ2v) is 4.40. The van der Waals surface area contributed by atoms with Crippen LogP contribution in [0, 0.1) is 26.0 Å². The van der Waals surface area contributed by atoms with Crippen molar-refractivity contribution in [2.24, 2.45) is 0 Å². The fourth-order valence-corrected chi connectivity index (χ4v) is 2.03. The second kappa shape index (κ2) is 5.29. The third kappa shape index (κ3) is 2.50. The van der Waals surface area contributed by atoms with Crippen LogP contribution in [0.2, 0.25) is 0 Å². The van der Waals surface area contributed by atoms with Crippen molar-refractivity contribution in [1.82, 2.24) is 10.3 Å². The van der Waals surface area contributed by atoms with Gasteiger partial charge in [-0.2, -0.15) is 0 Å². The maximum Gasteiger partial charge on any atom is 0.307 e. The number of hydrogen-bond donors (Lipinski definition) is 1. The summed E-state index contributed by atoms with van der Waals surface area (Å²) >= 11 is 0. The summed E-state index contributed by atoms with van der Waals surface area (Å²) in [6.07, 6.45) is 0. The van der Waals surface area contributed by atoms with Gasteiger partial charge in [-0.1, -0.05) is 6.07 Å². The molecule has 0 saturated carbocycles. The summed E-state index contributed by atoms with van der Waals surface area (Å²) in [6, 6.07) is 5.90. The van der Waals surface area contributed by atoms with Crippen molar-refractivity contribution >= 4 is 33.8 Å². The normalized spacial score (nSPS) is 10.7. The van der Waals surface area contributed by atoms with E-state index in [2.05, 4.69) is 20.3 Å². The van der Waals surface area contributed by atoms with Gasteiger partial charge in [-0.05, 0) is 28.5 Å². The second-order valence-electron chi connectivity index (χ2n) is 4.40. The number of nitro benzene ring substituents is 2. The molecule has 0 fully saturated rings. The molecule has 0 unspecified atom stereocenters. The molecule has 1 N–H and O–H groups in total. The summed E-state index contributed by atoms with van der Waals surface area (Å²) in [4.78, 5) is 20.6. The van der Waals surface area contributed by atoms with Crippen molar-refractivity contribution in [2.75, 3.05) is 5.32 Å². The van der Waals surface area contributed by atoms with Gasteiger partial charge in [0, 0.05) is 5.69 Å². The number of aromatic nitrogens is 2. The van der Waals surface area contributed by atoms with Crippen LogP contribution in [0.5, 0.6) is 0 Å². The van der Waals surface area contributed by atoms with Crippen LogP contribution in [0.1, 0.15) is 0 Å². The van der Waals surface area contributed by atoms with Gasteiger partial charge in [-0.3, -0.25) is 20.2 Å². The summed E-state index contributed by atoms with van der Waals surface area (Å²) in [7, 11) is 0. The zero-order valence-corrected chi connectivity index (χ0v) is 11.1. The standard InChI is InChI=1S/C12H6FN5O5/c13-6-2-1-3-7(4-6)14-10-8(17(19)20)5-9(18(21)22)11-12(10)16-23-15-11/h1-5,14H. The lowest BCUT2D eigenvalue weighted by molar-refractivity contribution is -0.392. The van der Waals surface area contributed by atoms with Gasteiger partial charge in [-0.15, -0.1) is 0 Å². The van der Waals surface area contributed by atoms with Crippen LogP contribution in [-0.2, 0) is 0 Å². The maximum absolute atomic E-state index is 13.2. The Hall–Kier alpha value is -3.63. The van der Waals surface area contributed by atoms with Crippen LogP contribution >= 0.6 is 0 Å². The van der Waals surface area contributed by atoms with E-state index in [9.17, 15) is 24.6 Å². The molecule has 0 bridgehead atoms. The van der Waals surface area contributed by atoms with Gasteiger partial charge in [0.15, 0.2) is 5.52 Å². The predicted molar refractivity (Wildman–Crippen MR) is 74.8 cm³/mol. The average Bonchev–Trinajstić information content (AvgIpc) is 2.96.